The molecule has 0 aliphatic carbocycles. The van der Waals surface area contributed by atoms with Gasteiger partial charge in [-0.05, 0) is 44.2 Å². The Kier molecular flexibility index (Phi) is 4.18. The van der Waals surface area contributed by atoms with Crippen LogP contribution in [0.3, 0.4) is 0 Å². The normalized spacial score (nSPS) is 11.0. The number of benzene rings is 1. The Bertz CT molecular complexity index is 737. The van der Waals surface area contributed by atoms with Gasteiger partial charge in [0, 0.05) is 17.1 Å². The predicted molar refractivity (Wildman–Crippen MR) is 78.4 cm³/mol. The number of sulfonamides is 1. The second-order valence-corrected chi connectivity index (χ2v) is 6.05. The minimum atomic E-state index is -3.77. The van der Waals surface area contributed by atoms with Crippen molar-refractivity contribution in [2.45, 2.75) is 18.7 Å². The number of carbonyl (C=O) groups is 1. The van der Waals surface area contributed by atoms with Gasteiger partial charge in [-0.25, -0.2) is 23.1 Å². The molecule has 0 aliphatic heterocycles. The quantitative estimate of drug-likeness (QED) is 0.814. The van der Waals surface area contributed by atoms with E-state index in [1.807, 2.05) is 0 Å². The molecule has 110 valence electrons. The minimum absolute atomic E-state index is 0.0302. The number of nitrogens with zero attached hydrogens (tertiary/aromatic N) is 2. The standard InChI is InChI=1S/C13H14N4O3S/c1-9-7-10(2)16-13(15-9)17-21(19,20)12-5-3-11(4-6-12)14-8-18/h3-8H,1-2H3,(H,14,18)(H,15,16,17). The summed E-state index contributed by atoms with van der Waals surface area (Å²) in [4.78, 5) is 18.4. The zero-order valence-corrected chi connectivity index (χ0v) is 12.3. The highest BCUT2D eigenvalue weighted by Gasteiger charge is 2.15. The van der Waals surface area contributed by atoms with Crippen molar-refractivity contribution in [3.05, 3.63) is 41.7 Å². The monoisotopic (exact) mass is 306 g/mol. The number of amides is 1. The van der Waals surface area contributed by atoms with Gasteiger partial charge in [-0.2, -0.15) is 0 Å². The van der Waals surface area contributed by atoms with Gasteiger partial charge in [0.05, 0.1) is 4.90 Å². The second kappa shape index (κ2) is 5.88. The van der Waals surface area contributed by atoms with E-state index in [1.165, 1.54) is 24.3 Å². The molecule has 0 aliphatic rings. The fourth-order valence-electron chi connectivity index (χ4n) is 1.75. The molecular weight excluding hydrogens is 292 g/mol. The summed E-state index contributed by atoms with van der Waals surface area (Å²) < 4.78 is 26.8. The summed E-state index contributed by atoms with van der Waals surface area (Å²) in [7, 11) is -3.77. The number of aryl methyl sites for hydroxylation is 2. The van der Waals surface area contributed by atoms with Crippen molar-refractivity contribution >= 4 is 28.1 Å². The van der Waals surface area contributed by atoms with Crippen LogP contribution in [0, 0.1) is 13.8 Å². The maximum absolute atomic E-state index is 12.2. The zero-order valence-electron chi connectivity index (χ0n) is 11.5. The average Bonchev–Trinajstić information content (AvgIpc) is 2.38. The van der Waals surface area contributed by atoms with E-state index in [-0.39, 0.29) is 10.8 Å². The number of nitrogens with one attached hydrogen (secondary N) is 2. The predicted octanol–water partition coefficient (Wildman–Crippen LogP) is 1.46. The maximum atomic E-state index is 12.2. The summed E-state index contributed by atoms with van der Waals surface area (Å²) in [6.45, 7) is 3.51. The Hall–Kier alpha value is -2.48. The first-order valence-corrected chi connectivity index (χ1v) is 7.54. The molecule has 0 radical (unpaired) electrons. The molecule has 1 aromatic carbocycles. The molecule has 8 heteroatoms. The molecule has 1 amide bonds. The molecule has 0 bridgehead atoms. The number of hydrogen-bond donors (Lipinski definition) is 2. The van der Waals surface area contributed by atoms with E-state index in [1.54, 1.807) is 19.9 Å². The number of hydrogen-bond acceptors (Lipinski definition) is 5. The second-order valence-electron chi connectivity index (χ2n) is 4.37. The highest BCUT2D eigenvalue weighted by molar-refractivity contribution is 7.92. The molecule has 1 aromatic heterocycles. The Morgan fingerprint density at radius 3 is 2.14 bits per heavy atom. The summed E-state index contributed by atoms with van der Waals surface area (Å²) in [5, 5.41) is 2.43. The van der Waals surface area contributed by atoms with Crippen LogP contribution in [0.25, 0.3) is 0 Å². The topological polar surface area (TPSA) is 101 Å². The van der Waals surface area contributed by atoms with Gasteiger partial charge >= 0.3 is 0 Å². The largest absolute Gasteiger partial charge is 0.329 e. The first kappa shape index (κ1) is 14.9. The third-order valence-electron chi connectivity index (χ3n) is 2.60. The molecule has 0 unspecified atom stereocenters. The van der Waals surface area contributed by atoms with Crippen molar-refractivity contribution in [2.24, 2.45) is 0 Å². The molecule has 2 N–H and O–H groups in total. The van der Waals surface area contributed by atoms with E-state index in [9.17, 15) is 13.2 Å². The van der Waals surface area contributed by atoms with Gasteiger partial charge in [0.1, 0.15) is 0 Å². The third kappa shape index (κ3) is 3.76. The van der Waals surface area contributed by atoms with Gasteiger partial charge in [0.25, 0.3) is 10.0 Å². The molecule has 1 heterocycles. The zero-order chi connectivity index (χ0) is 15.5. The van der Waals surface area contributed by atoms with Crippen molar-refractivity contribution in [1.29, 1.82) is 0 Å². The molecule has 0 fully saturated rings. The fourth-order valence-corrected chi connectivity index (χ4v) is 2.69. The molecule has 0 atom stereocenters. The first-order valence-electron chi connectivity index (χ1n) is 6.06. The number of aromatic nitrogens is 2. The number of rotatable bonds is 5. The van der Waals surface area contributed by atoms with E-state index in [4.69, 9.17) is 0 Å². The van der Waals surface area contributed by atoms with Crippen molar-refractivity contribution in [1.82, 2.24) is 9.97 Å². The summed E-state index contributed by atoms with van der Waals surface area (Å²) in [5.41, 5.74) is 1.85. The average molecular weight is 306 g/mol. The molecule has 21 heavy (non-hydrogen) atoms. The van der Waals surface area contributed by atoms with Crippen LogP contribution in [0.1, 0.15) is 11.4 Å². The lowest BCUT2D eigenvalue weighted by molar-refractivity contribution is -0.105. The van der Waals surface area contributed by atoms with Crippen LogP contribution >= 0.6 is 0 Å². The Morgan fingerprint density at radius 2 is 1.62 bits per heavy atom. The lowest BCUT2D eigenvalue weighted by Gasteiger charge is -2.08. The van der Waals surface area contributed by atoms with Crippen LogP contribution in [-0.2, 0) is 14.8 Å². The van der Waals surface area contributed by atoms with Crippen LogP contribution in [0.2, 0.25) is 0 Å². The molecule has 0 spiro atoms. The van der Waals surface area contributed by atoms with Crippen LogP contribution in [0.4, 0.5) is 11.6 Å². The Balaban J connectivity index is 2.27. The van der Waals surface area contributed by atoms with Crippen molar-refractivity contribution in [2.75, 3.05) is 10.0 Å². The molecular formula is C13H14N4O3S. The lowest BCUT2D eigenvalue weighted by Crippen LogP contribution is -2.15. The Morgan fingerprint density at radius 1 is 1.05 bits per heavy atom. The highest BCUT2D eigenvalue weighted by atomic mass is 32.2. The van der Waals surface area contributed by atoms with E-state index in [2.05, 4.69) is 20.0 Å². The van der Waals surface area contributed by atoms with Crippen molar-refractivity contribution in [3.63, 3.8) is 0 Å². The highest BCUT2D eigenvalue weighted by Crippen LogP contribution is 2.16. The first-order chi connectivity index (χ1) is 9.90. The van der Waals surface area contributed by atoms with Crippen LogP contribution in [0.15, 0.2) is 35.2 Å². The molecule has 2 rings (SSSR count). The summed E-state index contributed by atoms with van der Waals surface area (Å²) in [5.74, 6) is 0.0302. The van der Waals surface area contributed by atoms with Crippen LogP contribution in [-0.4, -0.2) is 24.8 Å². The van der Waals surface area contributed by atoms with Gasteiger partial charge in [-0.1, -0.05) is 0 Å². The maximum Gasteiger partial charge on any atom is 0.264 e. The number of carbonyl (C=O) groups excluding carboxylic acids is 1. The third-order valence-corrected chi connectivity index (χ3v) is 3.94. The molecule has 0 saturated heterocycles. The molecule has 0 saturated carbocycles. The van der Waals surface area contributed by atoms with Crippen LogP contribution < -0.4 is 10.0 Å². The summed E-state index contributed by atoms with van der Waals surface area (Å²) in [6.07, 6.45) is 0.519. The number of anilines is 2. The van der Waals surface area contributed by atoms with Gasteiger partial charge in [-0.15, -0.1) is 0 Å². The van der Waals surface area contributed by atoms with Crippen molar-refractivity contribution < 1.29 is 13.2 Å². The fraction of sp³-hybridized carbons (Fsp3) is 0.154. The van der Waals surface area contributed by atoms with E-state index < -0.39 is 10.0 Å². The van der Waals surface area contributed by atoms with Gasteiger partial charge in [-0.3, -0.25) is 4.79 Å². The van der Waals surface area contributed by atoms with Gasteiger partial charge in [0.15, 0.2) is 0 Å². The molecule has 2 aromatic rings. The van der Waals surface area contributed by atoms with Crippen molar-refractivity contribution in [3.8, 4) is 0 Å². The van der Waals surface area contributed by atoms with Gasteiger partial charge < -0.3 is 5.32 Å². The Labute approximate surface area is 122 Å². The summed E-state index contributed by atoms with van der Waals surface area (Å²) in [6, 6.07) is 7.50. The van der Waals surface area contributed by atoms with Gasteiger partial charge in [0.2, 0.25) is 12.4 Å². The smallest absolute Gasteiger partial charge is 0.264 e. The minimum Gasteiger partial charge on any atom is -0.329 e. The van der Waals surface area contributed by atoms with E-state index in [0.29, 0.717) is 23.5 Å². The van der Waals surface area contributed by atoms with E-state index in [0.717, 1.165) is 0 Å². The molecule has 7 nitrogen and oxygen atoms in total. The van der Waals surface area contributed by atoms with E-state index >= 15 is 0 Å². The van der Waals surface area contributed by atoms with Crippen LogP contribution in [0.5, 0.6) is 0 Å². The summed E-state index contributed by atoms with van der Waals surface area (Å²) >= 11 is 0. The lowest BCUT2D eigenvalue weighted by atomic mass is 10.3. The SMILES string of the molecule is Cc1cc(C)nc(NS(=O)(=O)c2ccc(NC=O)cc2)n1.